The summed E-state index contributed by atoms with van der Waals surface area (Å²) >= 11 is 1.72. The van der Waals surface area contributed by atoms with Crippen LogP contribution in [0.5, 0.6) is 0 Å². The molecule has 5 heterocycles. The highest BCUT2D eigenvalue weighted by Crippen LogP contribution is 2.35. The molecular formula is C20H20N4OS. The van der Waals surface area contributed by atoms with Gasteiger partial charge in [-0.15, -0.1) is 11.3 Å². The zero-order valence-corrected chi connectivity index (χ0v) is 15.2. The molecule has 1 saturated heterocycles. The molecule has 1 amide bonds. The molecule has 2 aliphatic heterocycles. The van der Waals surface area contributed by atoms with Crippen LogP contribution in [0, 0.1) is 0 Å². The van der Waals surface area contributed by atoms with Crippen molar-refractivity contribution >= 4 is 17.2 Å². The van der Waals surface area contributed by atoms with E-state index in [9.17, 15) is 4.79 Å². The van der Waals surface area contributed by atoms with Crippen molar-refractivity contribution in [3.05, 3.63) is 76.5 Å². The van der Waals surface area contributed by atoms with Crippen LogP contribution in [0.3, 0.4) is 0 Å². The first-order chi connectivity index (χ1) is 12.8. The van der Waals surface area contributed by atoms with Crippen LogP contribution in [-0.4, -0.2) is 44.4 Å². The van der Waals surface area contributed by atoms with Gasteiger partial charge in [0, 0.05) is 43.1 Å². The van der Waals surface area contributed by atoms with Gasteiger partial charge in [0.2, 0.25) is 0 Å². The topological polar surface area (TPSA) is 41.4 Å². The predicted octanol–water partition coefficient (Wildman–Crippen LogP) is 3.03. The third-order valence-electron chi connectivity index (χ3n) is 5.41. The van der Waals surface area contributed by atoms with E-state index in [0.29, 0.717) is 12.6 Å². The maximum Gasteiger partial charge on any atom is 0.271 e. The molecule has 5 rings (SSSR count). The number of fused-ring (bicyclic) bond motifs is 3. The SMILES string of the molecule is O=C1c2cccn2[C@H]2CN(Cc3ccncc3)C[C@H]2N1Cc1cccs1. The lowest BCUT2D eigenvalue weighted by atomic mass is 10.1. The molecule has 0 unspecified atom stereocenters. The van der Waals surface area contributed by atoms with Crippen molar-refractivity contribution in [3.8, 4) is 0 Å². The molecular weight excluding hydrogens is 344 g/mol. The lowest BCUT2D eigenvalue weighted by Crippen LogP contribution is -2.49. The largest absolute Gasteiger partial charge is 0.337 e. The summed E-state index contributed by atoms with van der Waals surface area (Å²) in [5, 5.41) is 2.08. The number of carbonyl (C=O) groups is 1. The quantitative estimate of drug-likeness (QED) is 0.715. The van der Waals surface area contributed by atoms with E-state index < -0.39 is 0 Å². The van der Waals surface area contributed by atoms with Crippen molar-refractivity contribution in [1.29, 1.82) is 0 Å². The van der Waals surface area contributed by atoms with Gasteiger partial charge in [-0.3, -0.25) is 14.7 Å². The Morgan fingerprint density at radius 2 is 1.88 bits per heavy atom. The summed E-state index contributed by atoms with van der Waals surface area (Å²) < 4.78 is 2.18. The molecule has 6 heteroatoms. The van der Waals surface area contributed by atoms with Gasteiger partial charge in [0.25, 0.3) is 5.91 Å². The van der Waals surface area contributed by atoms with Crippen molar-refractivity contribution < 1.29 is 4.79 Å². The van der Waals surface area contributed by atoms with Crippen molar-refractivity contribution in [2.45, 2.75) is 25.2 Å². The van der Waals surface area contributed by atoms with E-state index in [1.165, 1.54) is 10.4 Å². The summed E-state index contributed by atoms with van der Waals surface area (Å²) in [6, 6.07) is 12.8. The van der Waals surface area contributed by atoms with Crippen molar-refractivity contribution in [2.75, 3.05) is 13.1 Å². The molecule has 0 N–H and O–H groups in total. The van der Waals surface area contributed by atoms with E-state index in [1.54, 1.807) is 11.3 Å². The van der Waals surface area contributed by atoms with E-state index in [-0.39, 0.29) is 11.9 Å². The number of aromatic nitrogens is 2. The van der Waals surface area contributed by atoms with E-state index in [0.717, 1.165) is 25.3 Å². The fourth-order valence-electron chi connectivity index (χ4n) is 4.22. The maximum atomic E-state index is 13.1. The normalized spacial score (nSPS) is 22.5. The van der Waals surface area contributed by atoms with Crippen LogP contribution >= 0.6 is 11.3 Å². The average molecular weight is 364 g/mol. The van der Waals surface area contributed by atoms with E-state index in [4.69, 9.17) is 0 Å². The fourth-order valence-corrected chi connectivity index (χ4v) is 4.93. The summed E-state index contributed by atoms with van der Waals surface area (Å²) in [4.78, 5) is 23.0. The Hall–Kier alpha value is -2.44. The minimum absolute atomic E-state index is 0.149. The van der Waals surface area contributed by atoms with E-state index in [1.807, 2.05) is 24.5 Å². The first kappa shape index (κ1) is 15.8. The van der Waals surface area contributed by atoms with Crippen LogP contribution < -0.4 is 0 Å². The molecule has 26 heavy (non-hydrogen) atoms. The van der Waals surface area contributed by atoms with Gasteiger partial charge in [0.1, 0.15) is 5.69 Å². The number of hydrogen-bond donors (Lipinski definition) is 0. The molecule has 1 fully saturated rings. The molecule has 0 spiro atoms. The summed E-state index contributed by atoms with van der Waals surface area (Å²) in [6.07, 6.45) is 5.74. The molecule has 0 aliphatic carbocycles. The Bertz CT molecular complexity index is 905. The lowest BCUT2D eigenvalue weighted by Gasteiger charge is -2.38. The highest BCUT2D eigenvalue weighted by atomic mass is 32.1. The standard InChI is InChI=1S/C20H20N4OS/c25-20-17-4-1-9-23(17)18-13-22(11-15-5-7-21-8-6-15)14-19(18)24(20)12-16-3-2-10-26-16/h1-10,18-19H,11-14H2/t18-,19+/m0/s1. The zero-order chi connectivity index (χ0) is 17.5. The van der Waals surface area contributed by atoms with Crippen LogP contribution in [0.1, 0.15) is 27.0 Å². The van der Waals surface area contributed by atoms with Crippen molar-refractivity contribution in [1.82, 2.24) is 19.4 Å². The predicted molar refractivity (Wildman–Crippen MR) is 101 cm³/mol. The Morgan fingerprint density at radius 3 is 2.69 bits per heavy atom. The second kappa shape index (κ2) is 6.37. The smallest absolute Gasteiger partial charge is 0.271 e. The molecule has 2 aliphatic rings. The van der Waals surface area contributed by atoms with Gasteiger partial charge in [-0.25, -0.2) is 0 Å². The molecule has 0 saturated carbocycles. The third kappa shape index (κ3) is 2.66. The van der Waals surface area contributed by atoms with Gasteiger partial charge < -0.3 is 9.47 Å². The minimum Gasteiger partial charge on any atom is -0.337 e. The number of thiophene rings is 1. The second-order valence-electron chi connectivity index (χ2n) is 7.00. The van der Waals surface area contributed by atoms with Gasteiger partial charge >= 0.3 is 0 Å². The Labute approximate surface area is 156 Å². The summed E-state index contributed by atoms with van der Waals surface area (Å²) in [5.41, 5.74) is 2.08. The Morgan fingerprint density at radius 1 is 1.04 bits per heavy atom. The summed E-state index contributed by atoms with van der Waals surface area (Å²) in [7, 11) is 0. The zero-order valence-electron chi connectivity index (χ0n) is 14.4. The molecule has 5 nitrogen and oxygen atoms in total. The number of pyridine rings is 1. The fraction of sp³-hybridized carbons (Fsp3) is 0.300. The van der Waals surface area contributed by atoms with Gasteiger partial charge in [0.05, 0.1) is 18.6 Å². The Balaban J connectivity index is 1.44. The molecule has 3 aromatic rings. The number of amides is 1. The van der Waals surface area contributed by atoms with Crippen LogP contribution in [-0.2, 0) is 13.1 Å². The van der Waals surface area contributed by atoms with Crippen molar-refractivity contribution in [3.63, 3.8) is 0 Å². The Kier molecular flexibility index (Phi) is 3.87. The average Bonchev–Trinajstić information content (AvgIpc) is 3.39. The van der Waals surface area contributed by atoms with Crippen LogP contribution in [0.25, 0.3) is 0 Å². The van der Waals surface area contributed by atoms with Crippen LogP contribution in [0.15, 0.2) is 60.4 Å². The molecule has 0 aromatic carbocycles. The molecule has 0 bridgehead atoms. The van der Waals surface area contributed by atoms with Crippen LogP contribution in [0.2, 0.25) is 0 Å². The van der Waals surface area contributed by atoms with Gasteiger partial charge in [-0.1, -0.05) is 6.07 Å². The lowest BCUT2D eigenvalue weighted by molar-refractivity contribution is 0.0559. The number of hydrogen-bond acceptors (Lipinski definition) is 4. The molecule has 3 aromatic heterocycles. The highest BCUT2D eigenvalue weighted by molar-refractivity contribution is 7.09. The molecule has 132 valence electrons. The van der Waals surface area contributed by atoms with Gasteiger partial charge in [-0.05, 0) is 41.3 Å². The number of nitrogens with zero attached hydrogens (tertiary/aromatic N) is 4. The van der Waals surface area contributed by atoms with Crippen molar-refractivity contribution in [2.24, 2.45) is 0 Å². The van der Waals surface area contributed by atoms with Crippen LogP contribution in [0.4, 0.5) is 0 Å². The highest BCUT2D eigenvalue weighted by Gasteiger charge is 2.44. The van der Waals surface area contributed by atoms with Gasteiger partial charge in [0.15, 0.2) is 0 Å². The second-order valence-corrected chi connectivity index (χ2v) is 8.03. The van der Waals surface area contributed by atoms with E-state index >= 15 is 0 Å². The maximum absolute atomic E-state index is 13.1. The molecule has 2 atom stereocenters. The minimum atomic E-state index is 0.149. The first-order valence-corrected chi connectivity index (χ1v) is 9.79. The molecule has 0 radical (unpaired) electrons. The summed E-state index contributed by atoms with van der Waals surface area (Å²) in [5.74, 6) is 0.149. The number of likely N-dealkylation sites (tertiary alicyclic amines) is 1. The first-order valence-electron chi connectivity index (χ1n) is 8.91. The monoisotopic (exact) mass is 364 g/mol. The van der Waals surface area contributed by atoms with E-state index in [2.05, 4.69) is 55.2 Å². The third-order valence-corrected chi connectivity index (χ3v) is 6.27. The summed E-state index contributed by atoms with van der Waals surface area (Å²) in [6.45, 7) is 3.46. The number of rotatable bonds is 4. The van der Waals surface area contributed by atoms with Gasteiger partial charge in [-0.2, -0.15) is 0 Å². The number of carbonyl (C=O) groups excluding carboxylic acids is 1.